The van der Waals surface area contributed by atoms with Crippen molar-refractivity contribution in [3.8, 4) is 0 Å². The number of amidine groups is 1. The molecule has 120 valence electrons. The molecule has 22 heavy (non-hydrogen) atoms. The number of thioether (sulfide) groups is 1. The fraction of sp³-hybridized carbons (Fsp3) is 0.588. The molecular weight excluding hydrogens is 335 g/mol. The summed E-state index contributed by atoms with van der Waals surface area (Å²) in [6.07, 6.45) is 8.32. The van der Waals surface area contributed by atoms with Crippen LogP contribution in [0.5, 0.6) is 0 Å². The highest BCUT2D eigenvalue weighted by atomic mass is 35.5. The van der Waals surface area contributed by atoms with Crippen molar-refractivity contribution < 1.29 is 0 Å². The Morgan fingerprint density at radius 2 is 1.91 bits per heavy atom. The van der Waals surface area contributed by atoms with Crippen LogP contribution >= 0.6 is 35.0 Å². The van der Waals surface area contributed by atoms with Gasteiger partial charge in [-0.3, -0.25) is 0 Å². The molecule has 1 aromatic rings. The van der Waals surface area contributed by atoms with Gasteiger partial charge < -0.3 is 4.90 Å². The lowest BCUT2D eigenvalue weighted by Gasteiger charge is -2.24. The van der Waals surface area contributed by atoms with E-state index in [1.54, 1.807) is 6.07 Å². The molecule has 0 atom stereocenters. The number of hydrogen-bond donors (Lipinski definition) is 0. The van der Waals surface area contributed by atoms with Crippen molar-refractivity contribution in [3.63, 3.8) is 0 Å². The summed E-state index contributed by atoms with van der Waals surface area (Å²) in [7, 11) is 0. The topological polar surface area (TPSA) is 15.6 Å². The van der Waals surface area contributed by atoms with E-state index in [-0.39, 0.29) is 0 Å². The van der Waals surface area contributed by atoms with E-state index in [0.29, 0.717) is 10.0 Å². The smallest absolute Gasteiger partial charge is 0.164 e. The molecule has 0 spiro atoms. The highest BCUT2D eigenvalue weighted by Gasteiger charge is 2.24. The molecule has 0 radical (unpaired) electrons. The van der Waals surface area contributed by atoms with Crippen LogP contribution in [0.1, 0.15) is 38.5 Å². The summed E-state index contributed by atoms with van der Waals surface area (Å²) in [6, 6.07) is 5.64. The summed E-state index contributed by atoms with van der Waals surface area (Å²) in [4.78, 5) is 7.22. The van der Waals surface area contributed by atoms with Gasteiger partial charge in [0.25, 0.3) is 0 Å². The van der Waals surface area contributed by atoms with Gasteiger partial charge in [-0.25, -0.2) is 4.99 Å². The zero-order chi connectivity index (χ0) is 15.4. The minimum atomic E-state index is 0.554. The van der Waals surface area contributed by atoms with Crippen molar-refractivity contribution in [1.82, 2.24) is 4.90 Å². The Balaban J connectivity index is 1.72. The van der Waals surface area contributed by atoms with E-state index in [0.717, 1.165) is 35.6 Å². The monoisotopic (exact) mass is 356 g/mol. The summed E-state index contributed by atoms with van der Waals surface area (Å²) in [5, 5.41) is 2.23. The fourth-order valence-electron chi connectivity index (χ4n) is 3.25. The van der Waals surface area contributed by atoms with Crippen LogP contribution in [-0.2, 0) is 0 Å². The minimum Gasteiger partial charge on any atom is -0.350 e. The van der Waals surface area contributed by atoms with Crippen molar-refractivity contribution in [2.45, 2.75) is 38.5 Å². The Kier molecular flexibility index (Phi) is 5.95. The van der Waals surface area contributed by atoms with Gasteiger partial charge in [0.05, 0.1) is 15.7 Å². The number of hydrogen-bond acceptors (Lipinski definition) is 2. The zero-order valence-corrected chi connectivity index (χ0v) is 15.1. The molecule has 0 bridgehead atoms. The maximum Gasteiger partial charge on any atom is 0.164 e. The molecule has 1 aromatic carbocycles. The lowest BCUT2D eigenvalue weighted by molar-refractivity contribution is 0.333. The molecule has 2 nitrogen and oxygen atoms in total. The second-order valence-electron chi connectivity index (χ2n) is 6.12. The third-order valence-corrected chi connectivity index (χ3v) is 6.27. The Bertz CT molecular complexity index is 539. The summed E-state index contributed by atoms with van der Waals surface area (Å²) in [5.41, 5.74) is 0.782. The van der Waals surface area contributed by atoms with E-state index in [4.69, 9.17) is 28.2 Å². The molecule has 3 rings (SSSR count). The number of halogens is 2. The van der Waals surface area contributed by atoms with E-state index < -0.39 is 0 Å². The minimum absolute atomic E-state index is 0.554. The summed E-state index contributed by atoms with van der Waals surface area (Å²) in [6.45, 7) is 2.24. The van der Waals surface area contributed by atoms with E-state index in [1.165, 1.54) is 38.5 Å². The first-order valence-electron chi connectivity index (χ1n) is 8.14. The zero-order valence-electron chi connectivity index (χ0n) is 12.7. The molecule has 1 saturated heterocycles. The molecule has 1 heterocycles. The van der Waals surface area contributed by atoms with Gasteiger partial charge >= 0.3 is 0 Å². The number of aliphatic imine (C=N–C) groups is 1. The molecule has 2 aliphatic rings. The lowest BCUT2D eigenvalue weighted by atomic mass is 10.00. The number of rotatable bonds is 3. The highest BCUT2D eigenvalue weighted by Crippen LogP contribution is 2.34. The van der Waals surface area contributed by atoms with Gasteiger partial charge in [-0.05, 0) is 30.9 Å². The van der Waals surface area contributed by atoms with Crippen molar-refractivity contribution in [2.75, 3.05) is 18.8 Å². The predicted octanol–water partition coefficient (Wildman–Crippen LogP) is 6.00. The SMILES string of the molecule is Clc1cccc(/N=C2\SCCN2CC2CCCCCC2)c1Cl. The second kappa shape index (κ2) is 7.94. The summed E-state index contributed by atoms with van der Waals surface area (Å²) >= 11 is 14.2. The average Bonchev–Trinajstić information content (AvgIpc) is 2.78. The van der Waals surface area contributed by atoms with Crippen molar-refractivity contribution in [3.05, 3.63) is 28.2 Å². The molecule has 1 aliphatic heterocycles. The lowest BCUT2D eigenvalue weighted by Crippen LogP contribution is -2.30. The Hall–Kier alpha value is -0.380. The fourth-order valence-corrected chi connectivity index (χ4v) is 4.59. The Labute approximate surface area is 147 Å². The van der Waals surface area contributed by atoms with Crippen molar-refractivity contribution >= 4 is 45.8 Å². The highest BCUT2D eigenvalue weighted by molar-refractivity contribution is 8.14. The molecule has 0 amide bonds. The van der Waals surface area contributed by atoms with E-state index in [2.05, 4.69) is 4.90 Å². The second-order valence-corrected chi connectivity index (χ2v) is 7.97. The van der Waals surface area contributed by atoms with Crippen LogP contribution < -0.4 is 0 Å². The molecule has 5 heteroatoms. The van der Waals surface area contributed by atoms with Crippen LogP contribution in [0.3, 0.4) is 0 Å². The van der Waals surface area contributed by atoms with Gasteiger partial charge in [0, 0.05) is 18.8 Å². The first kappa shape index (κ1) is 16.5. The number of nitrogens with zero attached hydrogens (tertiary/aromatic N) is 2. The van der Waals surface area contributed by atoms with Gasteiger partial charge in [-0.15, -0.1) is 0 Å². The van der Waals surface area contributed by atoms with Gasteiger partial charge in [0.2, 0.25) is 0 Å². The Morgan fingerprint density at radius 3 is 2.68 bits per heavy atom. The van der Waals surface area contributed by atoms with E-state index in [1.807, 2.05) is 23.9 Å². The summed E-state index contributed by atoms with van der Waals surface area (Å²) < 4.78 is 0. The maximum absolute atomic E-state index is 6.27. The van der Waals surface area contributed by atoms with Gasteiger partial charge in [-0.2, -0.15) is 0 Å². The van der Waals surface area contributed by atoms with E-state index in [9.17, 15) is 0 Å². The van der Waals surface area contributed by atoms with Crippen molar-refractivity contribution in [1.29, 1.82) is 0 Å². The van der Waals surface area contributed by atoms with Crippen LogP contribution in [0.15, 0.2) is 23.2 Å². The van der Waals surface area contributed by atoms with Crippen LogP contribution in [0.4, 0.5) is 5.69 Å². The van der Waals surface area contributed by atoms with Crippen LogP contribution in [0.25, 0.3) is 0 Å². The number of benzene rings is 1. The van der Waals surface area contributed by atoms with Crippen LogP contribution in [0.2, 0.25) is 10.0 Å². The van der Waals surface area contributed by atoms with Crippen LogP contribution in [0, 0.1) is 5.92 Å². The van der Waals surface area contributed by atoms with Gasteiger partial charge in [-0.1, -0.05) is 66.7 Å². The van der Waals surface area contributed by atoms with E-state index >= 15 is 0 Å². The maximum atomic E-state index is 6.27. The molecule has 1 saturated carbocycles. The summed E-state index contributed by atoms with van der Waals surface area (Å²) in [5.74, 6) is 1.94. The third-order valence-electron chi connectivity index (χ3n) is 4.46. The largest absolute Gasteiger partial charge is 0.350 e. The van der Waals surface area contributed by atoms with Crippen molar-refractivity contribution in [2.24, 2.45) is 10.9 Å². The quantitative estimate of drug-likeness (QED) is 0.617. The van der Waals surface area contributed by atoms with Gasteiger partial charge in [0.15, 0.2) is 5.17 Å². The first-order chi connectivity index (χ1) is 10.7. The standard InChI is InChI=1S/C17H22Cl2N2S/c18-14-8-5-9-15(16(14)19)20-17-21(10-11-22-17)12-13-6-3-1-2-4-7-13/h5,8-9,13H,1-4,6-7,10-12H2/b20-17-. The van der Waals surface area contributed by atoms with Gasteiger partial charge in [0.1, 0.15) is 0 Å². The first-order valence-corrected chi connectivity index (χ1v) is 9.88. The molecule has 2 fully saturated rings. The molecule has 0 aromatic heterocycles. The molecule has 0 N–H and O–H groups in total. The molecular formula is C17H22Cl2N2S. The predicted molar refractivity (Wildman–Crippen MR) is 98.8 cm³/mol. The normalized spacial score (nSPS) is 22.3. The van der Waals surface area contributed by atoms with Crippen LogP contribution in [-0.4, -0.2) is 28.9 Å². The third kappa shape index (κ3) is 4.12. The Morgan fingerprint density at radius 1 is 1.14 bits per heavy atom. The molecule has 1 aliphatic carbocycles. The molecule has 0 unspecified atom stereocenters. The average molecular weight is 357 g/mol.